The molecule has 0 bridgehead atoms. The molecule has 8 N–H and O–H groups in total. The third kappa shape index (κ3) is 7.11. The molecule has 1 aromatic heterocycles. The minimum Gasteiger partial charge on any atom is -0.480 e. The Morgan fingerprint density at radius 1 is 1.23 bits per heavy atom. The molecule has 0 aliphatic carbocycles. The highest BCUT2D eigenvalue weighted by Gasteiger charge is 2.28. The van der Waals surface area contributed by atoms with Crippen molar-refractivity contribution in [3.8, 4) is 0 Å². The van der Waals surface area contributed by atoms with E-state index in [9.17, 15) is 24.3 Å². The van der Waals surface area contributed by atoms with E-state index in [1.807, 2.05) is 0 Å². The number of hydrogen-bond donors (Lipinski definition) is 7. The number of carbonyl (C=O) groups is 4. The monoisotopic (exact) mass is 386 g/mol. The van der Waals surface area contributed by atoms with Crippen molar-refractivity contribution in [2.45, 2.75) is 37.4 Å². The maximum atomic E-state index is 12.4. The summed E-state index contributed by atoms with van der Waals surface area (Å²) in [6, 6.07) is -3.37. The highest BCUT2D eigenvalue weighted by atomic mass is 32.1. The van der Waals surface area contributed by atoms with Crippen molar-refractivity contribution in [2.24, 2.45) is 11.5 Å². The lowest BCUT2D eigenvalue weighted by Gasteiger charge is -2.22. The van der Waals surface area contributed by atoms with Crippen molar-refractivity contribution in [3.63, 3.8) is 0 Å². The van der Waals surface area contributed by atoms with Crippen LogP contribution in [0, 0.1) is 0 Å². The van der Waals surface area contributed by atoms with Crippen molar-refractivity contribution in [1.82, 2.24) is 20.6 Å². The fraction of sp³-hybridized carbons (Fsp3) is 0.500. The molecule has 0 radical (unpaired) electrons. The zero-order valence-corrected chi connectivity index (χ0v) is 14.7. The average Bonchev–Trinajstić information content (AvgIpc) is 3.09. The van der Waals surface area contributed by atoms with Crippen LogP contribution in [0.25, 0.3) is 0 Å². The number of imidazole rings is 1. The van der Waals surface area contributed by atoms with Gasteiger partial charge in [0.1, 0.15) is 12.1 Å². The van der Waals surface area contributed by atoms with E-state index in [-0.39, 0.29) is 25.0 Å². The molecule has 144 valence electrons. The lowest BCUT2D eigenvalue weighted by molar-refractivity contribution is -0.142. The number of rotatable bonds is 11. The summed E-state index contributed by atoms with van der Waals surface area (Å²) in [6.45, 7) is 0. The molecule has 0 spiro atoms. The van der Waals surface area contributed by atoms with Gasteiger partial charge >= 0.3 is 5.97 Å². The molecular weight excluding hydrogens is 364 g/mol. The van der Waals surface area contributed by atoms with Gasteiger partial charge in [-0.15, -0.1) is 0 Å². The lowest BCUT2D eigenvalue weighted by atomic mass is 10.1. The number of aliphatic carboxylic acids is 1. The molecule has 0 aromatic carbocycles. The van der Waals surface area contributed by atoms with Crippen LogP contribution in [-0.2, 0) is 25.6 Å². The number of aromatic nitrogens is 2. The van der Waals surface area contributed by atoms with Crippen LogP contribution < -0.4 is 22.1 Å². The number of amides is 3. The van der Waals surface area contributed by atoms with Gasteiger partial charge in [0.05, 0.1) is 12.4 Å². The van der Waals surface area contributed by atoms with Gasteiger partial charge < -0.3 is 32.2 Å². The summed E-state index contributed by atoms with van der Waals surface area (Å²) in [5.41, 5.74) is 11.1. The molecule has 11 nitrogen and oxygen atoms in total. The fourth-order valence-electron chi connectivity index (χ4n) is 2.01. The van der Waals surface area contributed by atoms with E-state index in [0.717, 1.165) is 0 Å². The molecule has 1 heterocycles. The van der Waals surface area contributed by atoms with E-state index in [1.165, 1.54) is 12.5 Å². The molecule has 26 heavy (non-hydrogen) atoms. The smallest absolute Gasteiger partial charge is 0.326 e. The Morgan fingerprint density at radius 3 is 2.38 bits per heavy atom. The van der Waals surface area contributed by atoms with Crippen LogP contribution in [0.1, 0.15) is 18.5 Å². The van der Waals surface area contributed by atoms with Crippen LogP contribution in [0.5, 0.6) is 0 Å². The van der Waals surface area contributed by atoms with Gasteiger partial charge in [-0.25, -0.2) is 9.78 Å². The van der Waals surface area contributed by atoms with Crippen LogP contribution in [0.3, 0.4) is 0 Å². The number of nitrogens with zero attached hydrogens (tertiary/aromatic N) is 1. The van der Waals surface area contributed by atoms with Crippen LogP contribution in [0.15, 0.2) is 12.5 Å². The summed E-state index contributed by atoms with van der Waals surface area (Å²) in [5.74, 6) is -3.29. The molecule has 12 heteroatoms. The Kier molecular flexibility index (Phi) is 8.58. The van der Waals surface area contributed by atoms with E-state index in [1.54, 1.807) is 0 Å². The van der Waals surface area contributed by atoms with Crippen LogP contribution in [-0.4, -0.2) is 62.6 Å². The summed E-state index contributed by atoms with van der Waals surface area (Å²) in [5, 5.41) is 14.0. The first-order valence-corrected chi connectivity index (χ1v) is 8.33. The van der Waals surface area contributed by atoms with Crippen LogP contribution >= 0.6 is 12.6 Å². The number of carbonyl (C=O) groups excluding carboxylic acids is 3. The van der Waals surface area contributed by atoms with Gasteiger partial charge in [-0.1, -0.05) is 0 Å². The van der Waals surface area contributed by atoms with Crippen molar-refractivity contribution in [3.05, 3.63) is 18.2 Å². The number of primary amides is 1. The Bertz CT molecular complexity index is 638. The second-order valence-electron chi connectivity index (χ2n) is 5.54. The minimum absolute atomic E-state index is 0.0340. The van der Waals surface area contributed by atoms with Crippen LogP contribution in [0.4, 0.5) is 0 Å². The SMILES string of the molecule is NC(=O)CCC(NC(=O)C(N)CS)C(=O)NC(Cc1cnc[nH]1)C(=O)O. The van der Waals surface area contributed by atoms with Gasteiger partial charge in [0.2, 0.25) is 17.7 Å². The van der Waals surface area contributed by atoms with Crippen molar-refractivity contribution in [1.29, 1.82) is 0 Å². The van der Waals surface area contributed by atoms with Gasteiger partial charge in [-0.3, -0.25) is 14.4 Å². The van der Waals surface area contributed by atoms with Gasteiger partial charge in [-0.05, 0) is 6.42 Å². The first kappa shape index (κ1) is 21.4. The highest BCUT2D eigenvalue weighted by Crippen LogP contribution is 2.03. The van der Waals surface area contributed by atoms with Crippen molar-refractivity contribution in [2.75, 3.05) is 5.75 Å². The van der Waals surface area contributed by atoms with Crippen molar-refractivity contribution >= 4 is 36.3 Å². The average molecular weight is 386 g/mol. The minimum atomic E-state index is -1.26. The third-order valence-electron chi connectivity index (χ3n) is 3.44. The van der Waals surface area contributed by atoms with Crippen LogP contribution in [0.2, 0.25) is 0 Å². The second kappa shape index (κ2) is 10.4. The Balaban J connectivity index is 2.81. The summed E-state index contributed by atoms with van der Waals surface area (Å²) < 4.78 is 0. The van der Waals surface area contributed by atoms with Gasteiger partial charge in [0.25, 0.3) is 0 Å². The topological polar surface area (TPSA) is 193 Å². The quantitative estimate of drug-likeness (QED) is 0.205. The van der Waals surface area contributed by atoms with E-state index < -0.39 is 41.8 Å². The summed E-state index contributed by atoms with van der Waals surface area (Å²) in [6.07, 6.45) is 2.51. The second-order valence-corrected chi connectivity index (χ2v) is 5.90. The molecule has 0 saturated heterocycles. The molecule has 0 saturated carbocycles. The Morgan fingerprint density at radius 2 is 1.88 bits per heavy atom. The first-order valence-electron chi connectivity index (χ1n) is 7.70. The largest absolute Gasteiger partial charge is 0.480 e. The maximum Gasteiger partial charge on any atom is 0.326 e. The molecule has 0 aliphatic rings. The molecule has 1 rings (SSSR count). The van der Waals surface area contributed by atoms with E-state index in [4.69, 9.17) is 11.5 Å². The van der Waals surface area contributed by atoms with E-state index >= 15 is 0 Å². The number of hydrogen-bond acceptors (Lipinski definition) is 7. The summed E-state index contributed by atoms with van der Waals surface area (Å²) >= 11 is 3.90. The Hall–Kier alpha value is -2.60. The molecule has 3 unspecified atom stereocenters. The van der Waals surface area contributed by atoms with Gasteiger partial charge in [0.15, 0.2) is 0 Å². The summed E-state index contributed by atoms with van der Waals surface area (Å²) in [7, 11) is 0. The normalized spacial score (nSPS) is 14.1. The molecule has 0 aliphatic heterocycles. The number of nitrogens with two attached hydrogens (primary N) is 2. The number of nitrogens with one attached hydrogen (secondary N) is 3. The predicted molar refractivity (Wildman–Crippen MR) is 94.0 cm³/mol. The number of thiol groups is 1. The maximum absolute atomic E-state index is 12.4. The number of H-pyrrole nitrogens is 1. The zero-order chi connectivity index (χ0) is 19.7. The number of carboxylic acid groups (broad SMARTS) is 1. The van der Waals surface area contributed by atoms with Crippen molar-refractivity contribution < 1.29 is 24.3 Å². The molecule has 3 amide bonds. The van der Waals surface area contributed by atoms with E-state index in [0.29, 0.717) is 5.69 Å². The number of carboxylic acids is 1. The number of aromatic amines is 1. The molecular formula is C14H22N6O5S. The zero-order valence-electron chi connectivity index (χ0n) is 13.8. The van der Waals surface area contributed by atoms with Gasteiger partial charge in [-0.2, -0.15) is 12.6 Å². The first-order chi connectivity index (χ1) is 12.2. The molecule has 3 atom stereocenters. The summed E-state index contributed by atoms with van der Waals surface area (Å²) in [4.78, 5) is 53.2. The van der Waals surface area contributed by atoms with E-state index in [2.05, 4.69) is 33.2 Å². The standard InChI is InChI=1S/C14H22N6O5S/c15-8(5-26)12(22)19-9(1-2-11(16)21)13(23)20-10(14(24)25)3-7-4-17-6-18-7/h4,6,8-10,26H,1-3,5,15H2,(H2,16,21)(H,17,18)(H,19,22)(H,20,23)(H,24,25). The fourth-order valence-corrected chi connectivity index (χ4v) is 2.17. The highest BCUT2D eigenvalue weighted by molar-refractivity contribution is 7.80. The lowest BCUT2D eigenvalue weighted by Crippen LogP contribution is -2.55. The van der Waals surface area contributed by atoms with Gasteiger partial charge in [0, 0.05) is 30.5 Å². The molecule has 1 aromatic rings. The third-order valence-corrected chi connectivity index (χ3v) is 3.83. The Labute approximate surface area is 154 Å². The molecule has 0 fully saturated rings. The predicted octanol–water partition coefficient (Wildman–Crippen LogP) is -2.47.